The number of carbonyl (C=O) groups is 1. The van der Waals surface area contributed by atoms with E-state index in [1.807, 2.05) is 62.8 Å². The van der Waals surface area contributed by atoms with E-state index < -0.39 is 0 Å². The summed E-state index contributed by atoms with van der Waals surface area (Å²) in [6.07, 6.45) is 0. The standard InChI is InChI=1S/C19H23N5O/c1-12-18(14(3)24(5)22-12)16-11-17(21-20-16)19(25)23(4)13(2)15-9-7-6-8-10-15/h6-11,13H,1-5H3,(H,20,21). The first-order valence-electron chi connectivity index (χ1n) is 8.28. The molecule has 1 N–H and O–H groups in total. The molecular weight excluding hydrogens is 314 g/mol. The molecule has 1 amide bonds. The van der Waals surface area contributed by atoms with Crippen molar-refractivity contribution >= 4 is 5.91 Å². The lowest BCUT2D eigenvalue weighted by atomic mass is 10.1. The molecule has 3 rings (SSSR count). The number of nitrogens with one attached hydrogen (secondary N) is 1. The van der Waals surface area contributed by atoms with Gasteiger partial charge in [-0.1, -0.05) is 30.3 Å². The van der Waals surface area contributed by atoms with Gasteiger partial charge in [0.2, 0.25) is 0 Å². The highest BCUT2D eigenvalue weighted by molar-refractivity contribution is 5.93. The van der Waals surface area contributed by atoms with Crippen molar-refractivity contribution in [1.29, 1.82) is 0 Å². The molecule has 0 aliphatic heterocycles. The Morgan fingerprint density at radius 2 is 1.92 bits per heavy atom. The molecule has 1 unspecified atom stereocenters. The van der Waals surface area contributed by atoms with Gasteiger partial charge in [0, 0.05) is 25.4 Å². The van der Waals surface area contributed by atoms with Crippen molar-refractivity contribution in [2.75, 3.05) is 7.05 Å². The van der Waals surface area contributed by atoms with Crippen molar-refractivity contribution in [1.82, 2.24) is 24.9 Å². The quantitative estimate of drug-likeness (QED) is 0.794. The van der Waals surface area contributed by atoms with E-state index in [9.17, 15) is 4.79 Å². The van der Waals surface area contributed by atoms with Crippen LogP contribution in [0.2, 0.25) is 0 Å². The van der Waals surface area contributed by atoms with Gasteiger partial charge in [-0.05, 0) is 32.4 Å². The molecule has 130 valence electrons. The second kappa shape index (κ2) is 6.55. The molecule has 3 aromatic rings. The van der Waals surface area contributed by atoms with Gasteiger partial charge in [0.25, 0.3) is 5.91 Å². The molecule has 0 aliphatic rings. The third-order valence-corrected chi connectivity index (χ3v) is 4.76. The fourth-order valence-electron chi connectivity index (χ4n) is 3.02. The van der Waals surface area contributed by atoms with Crippen LogP contribution in [0.1, 0.15) is 40.4 Å². The van der Waals surface area contributed by atoms with Crippen LogP contribution in [-0.2, 0) is 7.05 Å². The number of rotatable bonds is 4. The molecule has 1 aromatic carbocycles. The molecular formula is C19H23N5O. The van der Waals surface area contributed by atoms with Gasteiger partial charge in [0.15, 0.2) is 0 Å². The van der Waals surface area contributed by atoms with E-state index in [1.165, 1.54) is 0 Å². The van der Waals surface area contributed by atoms with Crippen molar-refractivity contribution < 1.29 is 4.79 Å². The maximum atomic E-state index is 12.8. The molecule has 0 aliphatic carbocycles. The smallest absolute Gasteiger partial charge is 0.272 e. The summed E-state index contributed by atoms with van der Waals surface area (Å²) in [7, 11) is 3.71. The maximum Gasteiger partial charge on any atom is 0.272 e. The number of aromatic nitrogens is 4. The van der Waals surface area contributed by atoms with Crippen molar-refractivity contribution in [3.63, 3.8) is 0 Å². The zero-order valence-corrected chi connectivity index (χ0v) is 15.2. The van der Waals surface area contributed by atoms with Crippen LogP contribution in [0.15, 0.2) is 36.4 Å². The Hall–Kier alpha value is -2.89. The van der Waals surface area contributed by atoms with Gasteiger partial charge in [-0.2, -0.15) is 10.2 Å². The van der Waals surface area contributed by atoms with Crippen molar-refractivity contribution in [3.05, 3.63) is 59.0 Å². The Bertz CT molecular complexity index is 894. The van der Waals surface area contributed by atoms with Crippen LogP contribution in [0, 0.1) is 13.8 Å². The summed E-state index contributed by atoms with van der Waals surface area (Å²) in [5.74, 6) is -0.0886. The second-order valence-corrected chi connectivity index (χ2v) is 6.34. The molecule has 6 heteroatoms. The normalized spacial score (nSPS) is 12.2. The topological polar surface area (TPSA) is 66.8 Å². The van der Waals surface area contributed by atoms with E-state index in [0.29, 0.717) is 5.69 Å². The van der Waals surface area contributed by atoms with Crippen LogP contribution in [0.3, 0.4) is 0 Å². The molecule has 0 fully saturated rings. The molecule has 0 bridgehead atoms. The van der Waals surface area contributed by atoms with Gasteiger partial charge in [0.05, 0.1) is 17.4 Å². The van der Waals surface area contributed by atoms with Crippen LogP contribution < -0.4 is 0 Å². The average Bonchev–Trinajstić information content (AvgIpc) is 3.18. The van der Waals surface area contributed by atoms with E-state index in [-0.39, 0.29) is 11.9 Å². The van der Waals surface area contributed by atoms with Gasteiger partial charge >= 0.3 is 0 Å². The Morgan fingerprint density at radius 1 is 1.24 bits per heavy atom. The van der Waals surface area contributed by atoms with E-state index >= 15 is 0 Å². The van der Waals surface area contributed by atoms with Crippen LogP contribution in [-0.4, -0.2) is 37.8 Å². The molecule has 25 heavy (non-hydrogen) atoms. The Morgan fingerprint density at radius 3 is 2.52 bits per heavy atom. The molecule has 6 nitrogen and oxygen atoms in total. The van der Waals surface area contributed by atoms with E-state index in [4.69, 9.17) is 0 Å². The lowest BCUT2D eigenvalue weighted by molar-refractivity contribution is 0.0736. The fourth-order valence-corrected chi connectivity index (χ4v) is 3.02. The SMILES string of the molecule is Cc1nn(C)c(C)c1-c1cc(C(=O)N(C)C(C)c2ccccc2)[nH]n1. The minimum atomic E-state index is -0.0886. The summed E-state index contributed by atoms with van der Waals surface area (Å²) in [6.45, 7) is 5.96. The number of hydrogen-bond donors (Lipinski definition) is 1. The first kappa shape index (κ1) is 17.0. The minimum Gasteiger partial charge on any atom is -0.334 e. The minimum absolute atomic E-state index is 0.0256. The number of aromatic amines is 1. The summed E-state index contributed by atoms with van der Waals surface area (Å²) < 4.78 is 1.82. The maximum absolute atomic E-state index is 12.8. The number of H-pyrrole nitrogens is 1. The van der Waals surface area contributed by atoms with E-state index in [2.05, 4.69) is 15.3 Å². The average molecular weight is 337 g/mol. The fraction of sp³-hybridized carbons (Fsp3) is 0.316. The molecule has 2 aromatic heterocycles. The lowest BCUT2D eigenvalue weighted by Gasteiger charge is -2.24. The molecule has 0 radical (unpaired) electrons. The van der Waals surface area contributed by atoms with Crippen LogP contribution in [0.5, 0.6) is 0 Å². The van der Waals surface area contributed by atoms with Crippen molar-refractivity contribution in [2.24, 2.45) is 7.05 Å². The predicted molar refractivity (Wildman–Crippen MR) is 97.2 cm³/mol. The predicted octanol–water partition coefficient (Wildman–Crippen LogP) is 3.26. The van der Waals surface area contributed by atoms with Gasteiger partial charge in [-0.25, -0.2) is 0 Å². The highest BCUT2D eigenvalue weighted by atomic mass is 16.2. The third kappa shape index (κ3) is 3.07. The number of hydrogen-bond acceptors (Lipinski definition) is 3. The van der Waals surface area contributed by atoms with Crippen LogP contribution in [0.25, 0.3) is 11.3 Å². The Labute approximate surface area is 147 Å². The highest BCUT2D eigenvalue weighted by Crippen LogP contribution is 2.26. The van der Waals surface area contributed by atoms with Crippen molar-refractivity contribution in [3.8, 4) is 11.3 Å². The monoisotopic (exact) mass is 337 g/mol. The summed E-state index contributed by atoms with van der Waals surface area (Å²) in [4.78, 5) is 14.5. The first-order valence-corrected chi connectivity index (χ1v) is 8.28. The van der Waals surface area contributed by atoms with Crippen LogP contribution in [0.4, 0.5) is 0 Å². The van der Waals surface area contributed by atoms with Gasteiger partial charge in [0.1, 0.15) is 5.69 Å². The number of amides is 1. The zero-order chi connectivity index (χ0) is 18.1. The van der Waals surface area contributed by atoms with Gasteiger partial charge < -0.3 is 4.90 Å². The van der Waals surface area contributed by atoms with Crippen LogP contribution >= 0.6 is 0 Å². The Kier molecular flexibility index (Phi) is 4.44. The van der Waals surface area contributed by atoms with Crippen molar-refractivity contribution in [2.45, 2.75) is 26.8 Å². The van der Waals surface area contributed by atoms with E-state index in [1.54, 1.807) is 18.0 Å². The summed E-state index contributed by atoms with van der Waals surface area (Å²) in [5, 5.41) is 11.6. The number of carbonyl (C=O) groups excluding carboxylic acids is 1. The first-order chi connectivity index (χ1) is 11.9. The summed E-state index contributed by atoms with van der Waals surface area (Å²) in [5.41, 5.74) is 5.20. The van der Waals surface area contributed by atoms with Gasteiger partial charge in [-0.15, -0.1) is 0 Å². The molecule has 2 heterocycles. The number of nitrogens with zero attached hydrogens (tertiary/aromatic N) is 4. The largest absolute Gasteiger partial charge is 0.334 e. The lowest BCUT2D eigenvalue weighted by Crippen LogP contribution is -2.29. The molecule has 0 spiro atoms. The van der Waals surface area contributed by atoms with E-state index in [0.717, 1.165) is 28.2 Å². The highest BCUT2D eigenvalue weighted by Gasteiger charge is 2.22. The third-order valence-electron chi connectivity index (χ3n) is 4.76. The number of aryl methyl sites for hydroxylation is 2. The summed E-state index contributed by atoms with van der Waals surface area (Å²) in [6, 6.07) is 11.7. The molecule has 0 saturated heterocycles. The second-order valence-electron chi connectivity index (χ2n) is 6.34. The Balaban J connectivity index is 1.85. The summed E-state index contributed by atoms with van der Waals surface area (Å²) >= 11 is 0. The van der Waals surface area contributed by atoms with Gasteiger partial charge in [-0.3, -0.25) is 14.6 Å². The molecule has 1 atom stereocenters. The molecule has 0 saturated carbocycles. The number of benzene rings is 1. The zero-order valence-electron chi connectivity index (χ0n) is 15.2.